The van der Waals surface area contributed by atoms with Crippen molar-refractivity contribution in [3.05, 3.63) is 95.9 Å². The van der Waals surface area contributed by atoms with Crippen LogP contribution in [0.25, 0.3) is 32.6 Å². The number of thiophene rings is 1. The van der Waals surface area contributed by atoms with E-state index in [0.717, 1.165) is 32.6 Å². The number of nitrogens with zero attached hydrogens (tertiary/aromatic N) is 1. The lowest BCUT2D eigenvalue weighted by Gasteiger charge is -2.14. The van der Waals surface area contributed by atoms with E-state index in [9.17, 15) is 4.79 Å². The van der Waals surface area contributed by atoms with Crippen LogP contribution in [-0.2, 0) is 0 Å². The molecule has 3 aromatic carbocycles. The highest BCUT2D eigenvalue weighted by Gasteiger charge is 2.17. The molecule has 0 aliphatic heterocycles. The van der Waals surface area contributed by atoms with Gasteiger partial charge in [0.1, 0.15) is 0 Å². The maximum absolute atomic E-state index is 13.6. The first-order chi connectivity index (χ1) is 16.7. The molecule has 0 unspecified atom stereocenters. The number of nitrogens with one attached hydrogen (secondary N) is 1. The monoisotopic (exact) mass is 466 g/mol. The van der Waals surface area contributed by atoms with Crippen LogP contribution in [-0.4, -0.2) is 25.1 Å². The number of anilines is 1. The second-order valence-electron chi connectivity index (χ2n) is 7.62. The fourth-order valence-electron chi connectivity index (χ4n) is 3.94. The molecule has 0 radical (unpaired) electrons. The molecule has 5 nitrogen and oxygen atoms in total. The number of carbonyl (C=O) groups is 1. The molecule has 2 aromatic heterocycles. The topological polar surface area (TPSA) is 60.5 Å². The largest absolute Gasteiger partial charge is 0.493 e. The summed E-state index contributed by atoms with van der Waals surface area (Å²) in [6, 6.07) is 27.0. The van der Waals surface area contributed by atoms with E-state index in [1.54, 1.807) is 25.6 Å². The number of aromatic nitrogens is 1. The van der Waals surface area contributed by atoms with E-state index in [4.69, 9.17) is 14.5 Å². The molecule has 5 rings (SSSR count). The second kappa shape index (κ2) is 9.37. The SMILES string of the molecule is COc1ccc(-c2cc(C(=O)Nc3ccccc3-c3cccs3)c3ccccc3n2)cc1OC. The third kappa shape index (κ3) is 4.11. The average molecular weight is 467 g/mol. The van der Waals surface area contributed by atoms with E-state index < -0.39 is 0 Å². The van der Waals surface area contributed by atoms with Gasteiger partial charge in [-0.2, -0.15) is 0 Å². The van der Waals surface area contributed by atoms with Gasteiger partial charge in [0, 0.05) is 27.1 Å². The number of hydrogen-bond acceptors (Lipinski definition) is 5. The van der Waals surface area contributed by atoms with Crippen LogP contribution in [0.3, 0.4) is 0 Å². The number of fused-ring (bicyclic) bond motifs is 1. The first-order valence-corrected chi connectivity index (χ1v) is 11.6. The van der Waals surface area contributed by atoms with E-state index in [1.165, 1.54) is 0 Å². The number of pyridine rings is 1. The Morgan fingerprint density at radius 1 is 0.853 bits per heavy atom. The Morgan fingerprint density at radius 2 is 1.65 bits per heavy atom. The van der Waals surface area contributed by atoms with Crippen LogP contribution in [0.5, 0.6) is 11.5 Å². The maximum atomic E-state index is 13.6. The van der Waals surface area contributed by atoms with Gasteiger partial charge in [-0.25, -0.2) is 4.98 Å². The molecule has 1 amide bonds. The standard InChI is InChI=1S/C28H22N2O3S/c1-32-25-14-13-18(16-26(25)33-2)24-17-21(19-8-3-5-10-22(19)29-24)28(31)30-23-11-6-4-9-20(23)27-12-7-15-34-27/h3-17H,1-2H3,(H,30,31). The van der Waals surface area contributed by atoms with Gasteiger partial charge in [-0.15, -0.1) is 11.3 Å². The molecule has 0 atom stereocenters. The van der Waals surface area contributed by atoms with Gasteiger partial charge in [-0.1, -0.05) is 42.5 Å². The Balaban J connectivity index is 1.59. The van der Waals surface area contributed by atoms with Crippen molar-refractivity contribution in [3.63, 3.8) is 0 Å². The predicted molar refractivity (Wildman–Crippen MR) is 138 cm³/mol. The molecule has 5 aromatic rings. The third-order valence-electron chi connectivity index (χ3n) is 5.60. The molecule has 0 bridgehead atoms. The zero-order valence-electron chi connectivity index (χ0n) is 18.7. The van der Waals surface area contributed by atoms with Crippen LogP contribution in [0.4, 0.5) is 5.69 Å². The molecular formula is C28H22N2O3S. The fourth-order valence-corrected chi connectivity index (χ4v) is 4.70. The maximum Gasteiger partial charge on any atom is 0.256 e. The summed E-state index contributed by atoms with van der Waals surface area (Å²) in [4.78, 5) is 19.5. The van der Waals surface area contributed by atoms with Crippen molar-refractivity contribution >= 4 is 33.8 Å². The summed E-state index contributed by atoms with van der Waals surface area (Å²) in [5.74, 6) is 1.05. The van der Waals surface area contributed by atoms with Gasteiger partial charge >= 0.3 is 0 Å². The van der Waals surface area contributed by atoms with E-state index in [-0.39, 0.29) is 5.91 Å². The molecule has 2 heterocycles. The summed E-state index contributed by atoms with van der Waals surface area (Å²) < 4.78 is 10.8. The van der Waals surface area contributed by atoms with Crippen molar-refractivity contribution in [2.24, 2.45) is 0 Å². The minimum Gasteiger partial charge on any atom is -0.493 e. The van der Waals surface area contributed by atoms with Crippen LogP contribution in [0.15, 0.2) is 90.3 Å². The Labute approximate surface area is 201 Å². The van der Waals surface area contributed by atoms with Gasteiger partial charge in [-0.3, -0.25) is 4.79 Å². The average Bonchev–Trinajstić information content (AvgIpc) is 3.42. The lowest BCUT2D eigenvalue weighted by atomic mass is 10.0. The minimum atomic E-state index is -0.190. The third-order valence-corrected chi connectivity index (χ3v) is 6.51. The predicted octanol–water partition coefficient (Wildman–Crippen LogP) is 6.90. The summed E-state index contributed by atoms with van der Waals surface area (Å²) in [5.41, 5.74) is 4.56. The minimum absolute atomic E-state index is 0.190. The number of hydrogen-bond donors (Lipinski definition) is 1. The Hall–Kier alpha value is -4.16. The Kier molecular flexibility index (Phi) is 5.97. The van der Waals surface area contributed by atoms with Crippen LogP contribution >= 0.6 is 11.3 Å². The van der Waals surface area contributed by atoms with E-state index >= 15 is 0 Å². The van der Waals surface area contributed by atoms with E-state index in [1.807, 2.05) is 90.3 Å². The second-order valence-corrected chi connectivity index (χ2v) is 8.57. The molecule has 0 saturated carbocycles. The van der Waals surface area contributed by atoms with E-state index in [0.29, 0.717) is 22.8 Å². The highest BCUT2D eigenvalue weighted by molar-refractivity contribution is 7.13. The summed E-state index contributed by atoms with van der Waals surface area (Å²) in [7, 11) is 3.20. The first-order valence-electron chi connectivity index (χ1n) is 10.7. The molecule has 0 aliphatic rings. The summed E-state index contributed by atoms with van der Waals surface area (Å²) in [6.45, 7) is 0. The van der Waals surface area contributed by atoms with Crippen LogP contribution in [0.2, 0.25) is 0 Å². The van der Waals surface area contributed by atoms with Gasteiger partial charge in [-0.05, 0) is 47.8 Å². The number of amides is 1. The number of carbonyl (C=O) groups excluding carboxylic acids is 1. The molecule has 1 N–H and O–H groups in total. The Morgan fingerprint density at radius 3 is 2.44 bits per heavy atom. The summed E-state index contributed by atoms with van der Waals surface area (Å²) >= 11 is 1.64. The van der Waals surface area contributed by atoms with Crippen molar-refractivity contribution in [1.82, 2.24) is 4.98 Å². The van der Waals surface area contributed by atoms with Crippen molar-refractivity contribution in [3.8, 4) is 33.2 Å². The van der Waals surface area contributed by atoms with Crippen LogP contribution in [0.1, 0.15) is 10.4 Å². The van der Waals surface area contributed by atoms with Crippen LogP contribution < -0.4 is 14.8 Å². The number of ether oxygens (including phenoxy) is 2. The van der Waals surface area contributed by atoms with E-state index in [2.05, 4.69) is 5.32 Å². The molecular weight excluding hydrogens is 444 g/mol. The van der Waals surface area contributed by atoms with Crippen molar-refractivity contribution in [1.29, 1.82) is 0 Å². The zero-order valence-corrected chi connectivity index (χ0v) is 19.6. The molecule has 6 heteroatoms. The normalized spacial score (nSPS) is 10.8. The van der Waals surface area contributed by atoms with Crippen molar-refractivity contribution < 1.29 is 14.3 Å². The van der Waals surface area contributed by atoms with Crippen molar-refractivity contribution in [2.45, 2.75) is 0 Å². The fraction of sp³-hybridized carbons (Fsp3) is 0.0714. The van der Waals surface area contributed by atoms with Gasteiger partial charge in [0.25, 0.3) is 5.91 Å². The lowest BCUT2D eigenvalue weighted by molar-refractivity contribution is 0.102. The molecule has 0 saturated heterocycles. The van der Waals surface area contributed by atoms with Crippen LogP contribution in [0, 0.1) is 0 Å². The smallest absolute Gasteiger partial charge is 0.256 e. The van der Waals surface area contributed by atoms with Gasteiger partial charge in [0.15, 0.2) is 11.5 Å². The van der Waals surface area contributed by atoms with Gasteiger partial charge in [0.2, 0.25) is 0 Å². The highest BCUT2D eigenvalue weighted by atomic mass is 32.1. The molecule has 0 fully saturated rings. The number of benzene rings is 3. The van der Waals surface area contributed by atoms with Gasteiger partial charge in [0.05, 0.1) is 31.0 Å². The highest BCUT2D eigenvalue weighted by Crippen LogP contribution is 2.34. The molecule has 0 spiro atoms. The number of methoxy groups -OCH3 is 2. The first kappa shape index (κ1) is 21.7. The number of para-hydroxylation sites is 2. The molecule has 34 heavy (non-hydrogen) atoms. The number of rotatable bonds is 6. The van der Waals surface area contributed by atoms with Gasteiger partial charge < -0.3 is 14.8 Å². The summed E-state index contributed by atoms with van der Waals surface area (Å²) in [5, 5.41) is 5.94. The lowest BCUT2D eigenvalue weighted by Crippen LogP contribution is -2.13. The zero-order chi connectivity index (χ0) is 23.5. The quantitative estimate of drug-likeness (QED) is 0.296. The van der Waals surface area contributed by atoms with Crippen molar-refractivity contribution in [2.75, 3.05) is 19.5 Å². The molecule has 0 aliphatic carbocycles. The Bertz CT molecular complexity index is 1480. The summed E-state index contributed by atoms with van der Waals surface area (Å²) in [6.07, 6.45) is 0. The molecule has 168 valence electrons.